The minimum atomic E-state index is -0.329. The monoisotopic (exact) mass is 305 g/mol. The number of benzene rings is 1. The van der Waals surface area contributed by atoms with Gasteiger partial charge in [0.1, 0.15) is 17.4 Å². The van der Waals surface area contributed by atoms with Crippen LogP contribution in [-0.4, -0.2) is 4.57 Å². The van der Waals surface area contributed by atoms with E-state index in [0.717, 1.165) is 11.1 Å². The number of furan rings is 1. The van der Waals surface area contributed by atoms with Gasteiger partial charge in [-0.05, 0) is 29.3 Å². The number of nitrogens with zero attached hydrogens (tertiary/aromatic N) is 2. The van der Waals surface area contributed by atoms with Gasteiger partial charge in [-0.15, -0.1) is 0 Å². The predicted octanol–water partition coefficient (Wildman–Crippen LogP) is 2.49. The molecule has 23 heavy (non-hydrogen) atoms. The van der Waals surface area contributed by atoms with E-state index >= 15 is 0 Å². The quantitative estimate of drug-likeness (QED) is 0.802. The summed E-state index contributed by atoms with van der Waals surface area (Å²) in [5.74, 6) is 0.512. The van der Waals surface area contributed by atoms with E-state index < -0.39 is 0 Å². The molecule has 0 amide bonds. The van der Waals surface area contributed by atoms with Crippen LogP contribution in [0.25, 0.3) is 11.3 Å². The highest BCUT2D eigenvalue weighted by molar-refractivity contribution is 5.64. The van der Waals surface area contributed by atoms with E-state index in [1.165, 1.54) is 10.8 Å². The van der Waals surface area contributed by atoms with Gasteiger partial charge in [0.15, 0.2) is 0 Å². The Morgan fingerprint density at radius 2 is 1.87 bits per heavy atom. The highest BCUT2D eigenvalue weighted by Crippen LogP contribution is 2.21. The molecule has 0 bridgehead atoms. The van der Waals surface area contributed by atoms with Gasteiger partial charge in [-0.2, -0.15) is 5.26 Å². The summed E-state index contributed by atoms with van der Waals surface area (Å²) in [6, 6.07) is 14.9. The molecule has 0 spiro atoms. The fourth-order valence-corrected chi connectivity index (χ4v) is 2.42. The Hall–Kier alpha value is -3.10. The van der Waals surface area contributed by atoms with Crippen LogP contribution < -0.4 is 11.3 Å². The predicted molar refractivity (Wildman–Crippen MR) is 86.6 cm³/mol. The van der Waals surface area contributed by atoms with Gasteiger partial charge in [-0.25, -0.2) is 0 Å². The summed E-state index contributed by atoms with van der Waals surface area (Å²) in [5.41, 5.74) is 7.85. The SMILES string of the molecule is N#Cc1c(-c2ccco2)ccn(Cc2ccc(CN)cc2)c1=O. The number of rotatable bonds is 4. The summed E-state index contributed by atoms with van der Waals surface area (Å²) in [6.45, 7) is 0.882. The van der Waals surface area contributed by atoms with Crippen molar-refractivity contribution in [1.82, 2.24) is 4.57 Å². The second-order valence-electron chi connectivity index (χ2n) is 5.15. The van der Waals surface area contributed by atoms with Gasteiger partial charge >= 0.3 is 0 Å². The summed E-state index contributed by atoms with van der Waals surface area (Å²) in [4.78, 5) is 12.5. The van der Waals surface area contributed by atoms with Crippen molar-refractivity contribution >= 4 is 0 Å². The first-order chi connectivity index (χ1) is 11.2. The molecule has 5 heteroatoms. The second kappa shape index (κ2) is 6.34. The first kappa shape index (κ1) is 14.8. The first-order valence-electron chi connectivity index (χ1n) is 7.18. The maximum absolute atomic E-state index is 12.5. The van der Waals surface area contributed by atoms with Crippen molar-refractivity contribution in [3.8, 4) is 17.4 Å². The van der Waals surface area contributed by atoms with Gasteiger partial charge < -0.3 is 14.7 Å². The highest BCUT2D eigenvalue weighted by atomic mass is 16.3. The Kier molecular flexibility index (Phi) is 4.09. The maximum Gasteiger partial charge on any atom is 0.269 e. The van der Waals surface area contributed by atoms with Crippen molar-refractivity contribution < 1.29 is 4.42 Å². The molecule has 5 nitrogen and oxygen atoms in total. The minimum Gasteiger partial charge on any atom is -0.464 e. The Balaban J connectivity index is 1.98. The van der Waals surface area contributed by atoms with Crippen LogP contribution in [0.4, 0.5) is 0 Å². The molecule has 0 atom stereocenters. The van der Waals surface area contributed by atoms with Crippen LogP contribution in [0.5, 0.6) is 0 Å². The summed E-state index contributed by atoms with van der Waals surface area (Å²) < 4.78 is 6.81. The van der Waals surface area contributed by atoms with Crippen LogP contribution in [0.1, 0.15) is 16.7 Å². The third-order valence-corrected chi connectivity index (χ3v) is 3.68. The molecule has 2 aromatic heterocycles. The van der Waals surface area contributed by atoms with Gasteiger partial charge in [0.25, 0.3) is 5.56 Å². The normalized spacial score (nSPS) is 10.4. The third-order valence-electron chi connectivity index (χ3n) is 3.68. The largest absolute Gasteiger partial charge is 0.464 e. The molecular weight excluding hydrogens is 290 g/mol. The van der Waals surface area contributed by atoms with Crippen molar-refractivity contribution in [2.24, 2.45) is 5.73 Å². The molecule has 3 aromatic rings. The molecule has 0 unspecified atom stereocenters. The van der Waals surface area contributed by atoms with Crippen LogP contribution in [-0.2, 0) is 13.1 Å². The molecule has 0 radical (unpaired) electrons. The lowest BCUT2D eigenvalue weighted by molar-refractivity contribution is 0.581. The number of pyridine rings is 1. The molecule has 114 valence electrons. The third kappa shape index (κ3) is 2.93. The lowest BCUT2D eigenvalue weighted by Crippen LogP contribution is -2.23. The zero-order valence-corrected chi connectivity index (χ0v) is 12.4. The maximum atomic E-state index is 12.5. The van der Waals surface area contributed by atoms with E-state index in [1.807, 2.05) is 30.3 Å². The lowest BCUT2D eigenvalue weighted by atomic mass is 10.1. The van der Waals surface area contributed by atoms with Crippen molar-refractivity contribution in [3.63, 3.8) is 0 Å². The molecule has 0 fully saturated rings. The average Bonchev–Trinajstić information content (AvgIpc) is 3.11. The average molecular weight is 305 g/mol. The molecular formula is C18H15N3O2. The molecule has 1 aromatic carbocycles. The van der Waals surface area contributed by atoms with Crippen LogP contribution in [0.2, 0.25) is 0 Å². The van der Waals surface area contributed by atoms with Gasteiger partial charge in [0, 0.05) is 18.3 Å². The van der Waals surface area contributed by atoms with E-state index in [4.69, 9.17) is 10.2 Å². The van der Waals surface area contributed by atoms with Crippen molar-refractivity contribution in [2.45, 2.75) is 13.1 Å². The van der Waals surface area contributed by atoms with Crippen LogP contribution in [0.3, 0.4) is 0 Å². The number of aromatic nitrogens is 1. The first-order valence-corrected chi connectivity index (χ1v) is 7.18. The van der Waals surface area contributed by atoms with Crippen molar-refractivity contribution in [2.75, 3.05) is 0 Å². The van der Waals surface area contributed by atoms with E-state index in [-0.39, 0.29) is 11.1 Å². The van der Waals surface area contributed by atoms with Gasteiger partial charge in [-0.3, -0.25) is 4.79 Å². The summed E-state index contributed by atoms with van der Waals surface area (Å²) >= 11 is 0. The second-order valence-corrected chi connectivity index (χ2v) is 5.15. The Bertz CT molecular complexity index is 901. The molecule has 0 saturated carbocycles. The van der Waals surface area contributed by atoms with Crippen molar-refractivity contribution in [3.05, 3.63) is 82.0 Å². The molecule has 0 aliphatic heterocycles. The zero-order valence-electron chi connectivity index (χ0n) is 12.4. The van der Waals surface area contributed by atoms with Crippen LogP contribution >= 0.6 is 0 Å². The van der Waals surface area contributed by atoms with E-state index in [9.17, 15) is 10.1 Å². The molecule has 0 saturated heterocycles. The highest BCUT2D eigenvalue weighted by Gasteiger charge is 2.13. The molecule has 0 aliphatic rings. The van der Waals surface area contributed by atoms with Crippen LogP contribution in [0, 0.1) is 11.3 Å². The molecule has 0 aliphatic carbocycles. The molecule has 2 N–H and O–H groups in total. The van der Waals surface area contributed by atoms with Gasteiger partial charge in [0.05, 0.1) is 12.8 Å². The van der Waals surface area contributed by atoms with Crippen LogP contribution in [0.15, 0.2) is 64.1 Å². The summed E-state index contributed by atoms with van der Waals surface area (Å²) in [5, 5.41) is 9.34. The molecule has 2 heterocycles. The summed E-state index contributed by atoms with van der Waals surface area (Å²) in [6.07, 6.45) is 3.19. The minimum absolute atomic E-state index is 0.0843. The summed E-state index contributed by atoms with van der Waals surface area (Å²) in [7, 11) is 0. The smallest absolute Gasteiger partial charge is 0.269 e. The zero-order chi connectivity index (χ0) is 16.2. The number of hydrogen-bond acceptors (Lipinski definition) is 4. The topological polar surface area (TPSA) is 84.9 Å². The number of nitriles is 1. The van der Waals surface area contributed by atoms with Crippen molar-refractivity contribution in [1.29, 1.82) is 5.26 Å². The molecule has 3 rings (SSSR count). The van der Waals surface area contributed by atoms with E-state index in [2.05, 4.69) is 0 Å². The number of hydrogen-bond donors (Lipinski definition) is 1. The Labute approximate surface area is 133 Å². The fourth-order valence-electron chi connectivity index (χ4n) is 2.42. The number of nitrogens with two attached hydrogens (primary N) is 1. The Morgan fingerprint density at radius 3 is 2.48 bits per heavy atom. The van der Waals surface area contributed by atoms with Gasteiger partial charge in [0.2, 0.25) is 0 Å². The van der Waals surface area contributed by atoms with E-state index in [0.29, 0.717) is 24.4 Å². The Morgan fingerprint density at radius 1 is 1.13 bits per heavy atom. The standard InChI is InChI=1S/C18H15N3O2/c19-10-13-3-5-14(6-4-13)12-21-8-7-15(16(11-20)18(21)22)17-2-1-9-23-17/h1-9H,10,12,19H2. The van der Waals surface area contributed by atoms with E-state index in [1.54, 1.807) is 24.4 Å². The lowest BCUT2D eigenvalue weighted by Gasteiger charge is -2.09. The fraction of sp³-hybridized carbons (Fsp3) is 0.111. The van der Waals surface area contributed by atoms with Gasteiger partial charge in [-0.1, -0.05) is 24.3 Å².